The molecule has 1 amide bonds. The van der Waals surface area contributed by atoms with Gasteiger partial charge in [-0.2, -0.15) is 0 Å². The number of hydrogen-bond donors (Lipinski definition) is 2. The molecule has 1 aromatic carbocycles. The van der Waals surface area contributed by atoms with Crippen LogP contribution in [0.3, 0.4) is 0 Å². The molecule has 1 aromatic heterocycles. The van der Waals surface area contributed by atoms with Crippen molar-refractivity contribution in [1.82, 2.24) is 4.98 Å². The molecule has 1 aliphatic heterocycles. The lowest BCUT2D eigenvalue weighted by atomic mass is 10.1. The highest BCUT2D eigenvalue weighted by molar-refractivity contribution is 6.04. The maximum Gasteiger partial charge on any atom is 0.257 e. The van der Waals surface area contributed by atoms with Crippen molar-refractivity contribution in [1.29, 1.82) is 0 Å². The van der Waals surface area contributed by atoms with Crippen LogP contribution in [0.5, 0.6) is 0 Å². The van der Waals surface area contributed by atoms with E-state index in [1.165, 1.54) is 12.8 Å². The number of aromatic nitrogens is 1. The van der Waals surface area contributed by atoms with Gasteiger partial charge < -0.3 is 15.3 Å². The number of aliphatic hydroxyl groups excluding tert-OH is 1. The van der Waals surface area contributed by atoms with E-state index in [0.717, 1.165) is 18.9 Å². The fourth-order valence-corrected chi connectivity index (χ4v) is 2.82. The third-order valence-corrected chi connectivity index (χ3v) is 4.10. The number of nitrogens with zero attached hydrogens (tertiary/aromatic N) is 2. The smallest absolute Gasteiger partial charge is 0.257 e. The highest BCUT2D eigenvalue weighted by Gasteiger charge is 2.15. The van der Waals surface area contributed by atoms with Gasteiger partial charge in [-0.1, -0.05) is 18.2 Å². The van der Waals surface area contributed by atoms with Crippen molar-refractivity contribution in [2.75, 3.05) is 23.3 Å². The lowest BCUT2D eigenvalue weighted by Crippen LogP contribution is -2.19. The molecule has 1 atom stereocenters. The molecule has 2 N–H and O–H groups in total. The van der Waals surface area contributed by atoms with Crippen molar-refractivity contribution >= 4 is 17.4 Å². The minimum absolute atomic E-state index is 0.224. The van der Waals surface area contributed by atoms with Crippen molar-refractivity contribution < 1.29 is 9.90 Å². The minimum Gasteiger partial charge on any atom is -0.389 e. The van der Waals surface area contributed by atoms with Gasteiger partial charge in [0.15, 0.2) is 0 Å². The monoisotopic (exact) mass is 311 g/mol. The number of amides is 1. The van der Waals surface area contributed by atoms with Crippen LogP contribution >= 0.6 is 0 Å². The second kappa shape index (κ2) is 6.79. The van der Waals surface area contributed by atoms with Gasteiger partial charge in [0.05, 0.1) is 11.7 Å². The summed E-state index contributed by atoms with van der Waals surface area (Å²) in [4.78, 5) is 19.0. The molecule has 1 saturated heterocycles. The van der Waals surface area contributed by atoms with Gasteiger partial charge in [0, 0.05) is 30.5 Å². The predicted molar refractivity (Wildman–Crippen MR) is 90.7 cm³/mol. The summed E-state index contributed by atoms with van der Waals surface area (Å²) in [5.74, 6) is 0.696. The predicted octanol–water partition coefficient (Wildman–Crippen LogP) is 2.99. The van der Waals surface area contributed by atoms with Crippen LogP contribution in [0.25, 0.3) is 0 Å². The summed E-state index contributed by atoms with van der Waals surface area (Å²) in [5.41, 5.74) is 1.83. The summed E-state index contributed by atoms with van der Waals surface area (Å²) in [6.07, 6.45) is 3.36. The largest absolute Gasteiger partial charge is 0.389 e. The van der Waals surface area contributed by atoms with Gasteiger partial charge in [-0.15, -0.1) is 0 Å². The highest BCUT2D eigenvalue weighted by Crippen LogP contribution is 2.23. The van der Waals surface area contributed by atoms with Crippen LogP contribution < -0.4 is 10.2 Å². The van der Waals surface area contributed by atoms with E-state index in [0.29, 0.717) is 16.8 Å². The van der Waals surface area contributed by atoms with Gasteiger partial charge in [0.1, 0.15) is 5.82 Å². The Bertz CT molecular complexity index is 677. The normalized spacial score (nSPS) is 15.5. The number of pyridine rings is 1. The average Bonchev–Trinajstić information content (AvgIpc) is 3.10. The molecule has 5 nitrogen and oxygen atoms in total. The summed E-state index contributed by atoms with van der Waals surface area (Å²) < 4.78 is 0. The Labute approximate surface area is 136 Å². The number of hydrogen-bond acceptors (Lipinski definition) is 4. The molecule has 2 aromatic rings. The first-order valence-electron chi connectivity index (χ1n) is 7.94. The first kappa shape index (κ1) is 15.5. The topological polar surface area (TPSA) is 65.5 Å². The van der Waals surface area contributed by atoms with E-state index in [1.807, 2.05) is 18.2 Å². The third-order valence-electron chi connectivity index (χ3n) is 4.10. The minimum atomic E-state index is -0.637. The summed E-state index contributed by atoms with van der Waals surface area (Å²) in [6.45, 7) is 3.73. The van der Waals surface area contributed by atoms with E-state index >= 15 is 0 Å². The summed E-state index contributed by atoms with van der Waals surface area (Å²) in [7, 11) is 0. The lowest BCUT2D eigenvalue weighted by Gasteiger charge is -2.16. The van der Waals surface area contributed by atoms with Crippen molar-refractivity contribution in [3.05, 3.63) is 53.7 Å². The summed E-state index contributed by atoms with van der Waals surface area (Å²) in [5, 5.41) is 12.6. The van der Waals surface area contributed by atoms with Crippen LogP contribution in [-0.4, -0.2) is 29.1 Å². The Kier molecular flexibility index (Phi) is 4.57. The van der Waals surface area contributed by atoms with Crippen LogP contribution in [0.15, 0.2) is 42.6 Å². The molecule has 0 bridgehead atoms. The van der Waals surface area contributed by atoms with Crippen molar-refractivity contribution in [2.45, 2.75) is 25.9 Å². The number of rotatable bonds is 4. The maximum absolute atomic E-state index is 12.4. The van der Waals surface area contributed by atoms with Crippen LogP contribution in [-0.2, 0) is 0 Å². The van der Waals surface area contributed by atoms with Crippen LogP contribution in [0, 0.1) is 0 Å². The zero-order chi connectivity index (χ0) is 16.2. The quantitative estimate of drug-likeness (QED) is 0.911. The molecule has 0 aliphatic carbocycles. The zero-order valence-corrected chi connectivity index (χ0v) is 13.2. The molecule has 23 heavy (non-hydrogen) atoms. The van der Waals surface area contributed by atoms with Crippen molar-refractivity contribution in [3.63, 3.8) is 0 Å². The number of carbonyl (C=O) groups is 1. The van der Waals surface area contributed by atoms with Gasteiger partial charge >= 0.3 is 0 Å². The number of para-hydroxylation sites is 1. The number of anilines is 2. The van der Waals surface area contributed by atoms with Gasteiger partial charge in [-0.3, -0.25) is 4.79 Å². The van der Waals surface area contributed by atoms with E-state index in [9.17, 15) is 9.90 Å². The van der Waals surface area contributed by atoms with Gasteiger partial charge in [-0.05, 0) is 38.0 Å². The Morgan fingerprint density at radius 1 is 1.22 bits per heavy atom. The molecule has 0 unspecified atom stereocenters. The highest BCUT2D eigenvalue weighted by atomic mass is 16.3. The number of carbonyl (C=O) groups excluding carboxylic acids is 1. The van der Waals surface area contributed by atoms with E-state index in [2.05, 4.69) is 15.2 Å². The molecule has 5 heteroatoms. The Balaban J connectivity index is 1.73. The second-order valence-electron chi connectivity index (χ2n) is 5.82. The SMILES string of the molecule is C[C@@H](O)c1ccccc1NC(=O)c1ccc(N2CCCC2)nc1. The zero-order valence-electron chi connectivity index (χ0n) is 13.2. The third kappa shape index (κ3) is 3.51. The lowest BCUT2D eigenvalue weighted by molar-refractivity contribution is 0.102. The van der Waals surface area contributed by atoms with Gasteiger partial charge in [0.25, 0.3) is 5.91 Å². The molecule has 1 fully saturated rings. The first-order chi connectivity index (χ1) is 11.1. The molecule has 120 valence electrons. The standard InChI is InChI=1S/C18H21N3O2/c1-13(22)15-6-2-3-7-16(15)20-18(23)14-8-9-17(19-12-14)21-10-4-5-11-21/h2-3,6-9,12-13,22H,4-5,10-11H2,1H3,(H,20,23)/t13-/m1/s1. The van der Waals surface area contributed by atoms with E-state index in [-0.39, 0.29) is 5.91 Å². The summed E-state index contributed by atoms with van der Waals surface area (Å²) >= 11 is 0. The Hall–Kier alpha value is -2.40. The maximum atomic E-state index is 12.4. The molecule has 0 radical (unpaired) electrons. The Morgan fingerprint density at radius 2 is 1.96 bits per heavy atom. The Morgan fingerprint density at radius 3 is 2.61 bits per heavy atom. The number of nitrogens with one attached hydrogen (secondary N) is 1. The number of aliphatic hydroxyl groups is 1. The molecule has 3 rings (SSSR count). The van der Waals surface area contributed by atoms with Crippen LogP contribution in [0.2, 0.25) is 0 Å². The van der Waals surface area contributed by atoms with Crippen LogP contribution in [0.1, 0.15) is 41.8 Å². The van der Waals surface area contributed by atoms with Crippen molar-refractivity contribution in [3.8, 4) is 0 Å². The summed E-state index contributed by atoms with van der Waals surface area (Å²) in [6, 6.07) is 10.9. The molecular weight excluding hydrogens is 290 g/mol. The van der Waals surface area contributed by atoms with E-state index < -0.39 is 6.10 Å². The van der Waals surface area contributed by atoms with Gasteiger partial charge in [-0.25, -0.2) is 4.98 Å². The van der Waals surface area contributed by atoms with Crippen LogP contribution in [0.4, 0.5) is 11.5 Å². The second-order valence-corrected chi connectivity index (χ2v) is 5.82. The van der Waals surface area contributed by atoms with Gasteiger partial charge in [0.2, 0.25) is 0 Å². The molecule has 0 saturated carbocycles. The first-order valence-corrected chi connectivity index (χ1v) is 7.94. The fraction of sp³-hybridized carbons (Fsp3) is 0.333. The van der Waals surface area contributed by atoms with E-state index in [1.54, 1.807) is 31.3 Å². The molecule has 0 spiro atoms. The van der Waals surface area contributed by atoms with Crippen molar-refractivity contribution in [2.24, 2.45) is 0 Å². The molecular formula is C18H21N3O2. The molecule has 2 heterocycles. The molecule has 1 aliphatic rings. The van der Waals surface area contributed by atoms with E-state index in [4.69, 9.17) is 0 Å². The fourth-order valence-electron chi connectivity index (χ4n) is 2.82. The average molecular weight is 311 g/mol. The number of benzene rings is 1.